The Hall–Kier alpha value is -0.870. The molecule has 17 heavy (non-hydrogen) atoms. The molecule has 1 fully saturated rings. The molecule has 94 valence electrons. The first-order valence-electron chi connectivity index (χ1n) is 6.01. The van der Waals surface area contributed by atoms with Crippen molar-refractivity contribution in [1.82, 2.24) is 4.90 Å². The van der Waals surface area contributed by atoms with Crippen LogP contribution in [0, 0.1) is 12.3 Å². The lowest BCUT2D eigenvalue weighted by atomic mass is 9.78. The summed E-state index contributed by atoms with van der Waals surface area (Å²) in [4.78, 5) is 15.1. The lowest BCUT2D eigenvalue weighted by molar-refractivity contribution is 0.0579. The van der Waals surface area contributed by atoms with Gasteiger partial charge in [-0.25, -0.2) is 0 Å². The topological polar surface area (TPSA) is 46.3 Å². The van der Waals surface area contributed by atoms with Crippen LogP contribution in [0.5, 0.6) is 0 Å². The summed E-state index contributed by atoms with van der Waals surface area (Å²) < 4.78 is 0. The second kappa shape index (κ2) is 4.42. The van der Waals surface area contributed by atoms with Crippen molar-refractivity contribution in [3.8, 4) is 0 Å². The molecular weight excluding hydrogens is 232 g/mol. The number of aryl methyl sites for hydroxylation is 1. The van der Waals surface area contributed by atoms with E-state index in [1.165, 1.54) is 11.3 Å². The molecule has 0 aromatic carbocycles. The molecule has 1 aliphatic rings. The van der Waals surface area contributed by atoms with Crippen LogP contribution in [0.4, 0.5) is 0 Å². The lowest BCUT2D eigenvalue weighted by Gasteiger charge is -2.42. The van der Waals surface area contributed by atoms with Crippen molar-refractivity contribution in [3.63, 3.8) is 0 Å². The number of thiophene rings is 1. The van der Waals surface area contributed by atoms with E-state index in [1.807, 2.05) is 23.3 Å². The number of carbonyl (C=O) groups is 1. The molecule has 1 unspecified atom stereocenters. The Balaban J connectivity index is 2.11. The number of likely N-dealkylation sites (tertiary alicyclic amines) is 1. The molecule has 1 amide bonds. The minimum Gasteiger partial charge on any atom is -0.336 e. The largest absolute Gasteiger partial charge is 0.336 e. The fraction of sp³-hybridized carbons (Fsp3) is 0.615. The zero-order chi connectivity index (χ0) is 12.6. The molecule has 0 spiro atoms. The highest BCUT2D eigenvalue weighted by Crippen LogP contribution is 2.30. The van der Waals surface area contributed by atoms with Crippen molar-refractivity contribution in [2.45, 2.75) is 33.2 Å². The highest BCUT2D eigenvalue weighted by Gasteiger charge is 2.35. The van der Waals surface area contributed by atoms with Crippen molar-refractivity contribution >= 4 is 17.2 Å². The van der Waals surface area contributed by atoms with Crippen LogP contribution in [0.1, 0.15) is 35.5 Å². The van der Waals surface area contributed by atoms with Gasteiger partial charge >= 0.3 is 0 Å². The number of nitrogens with zero attached hydrogens (tertiary/aromatic N) is 1. The molecule has 0 saturated carbocycles. The molecule has 0 radical (unpaired) electrons. The summed E-state index contributed by atoms with van der Waals surface area (Å²) in [7, 11) is 0. The molecule has 1 aromatic rings. The van der Waals surface area contributed by atoms with Crippen LogP contribution in [-0.4, -0.2) is 29.9 Å². The van der Waals surface area contributed by atoms with Crippen LogP contribution in [0.15, 0.2) is 11.4 Å². The zero-order valence-electron chi connectivity index (χ0n) is 10.7. The van der Waals surface area contributed by atoms with E-state index in [4.69, 9.17) is 5.73 Å². The molecule has 1 atom stereocenters. The van der Waals surface area contributed by atoms with Crippen molar-refractivity contribution < 1.29 is 4.79 Å². The van der Waals surface area contributed by atoms with Crippen LogP contribution < -0.4 is 5.73 Å². The van der Waals surface area contributed by atoms with E-state index in [2.05, 4.69) is 13.8 Å². The third-order valence-corrected chi connectivity index (χ3v) is 4.79. The summed E-state index contributed by atoms with van der Waals surface area (Å²) in [6.07, 6.45) is 0.977. The quantitative estimate of drug-likeness (QED) is 0.833. The van der Waals surface area contributed by atoms with Crippen LogP contribution in [0.2, 0.25) is 0 Å². The van der Waals surface area contributed by atoms with Gasteiger partial charge in [-0.2, -0.15) is 0 Å². The third-order valence-electron chi connectivity index (χ3n) is 3.79. The maximum atomic E-state index is 12.3. The number of nitrogens with two attached hydrogens (primary N) is 1. The van der Waals surface area contributed by atoms with Crippen LogP contribution in [0.3, 0.4) is 0 Å². The normalized spacial score (nSPS) is 23.8. The van der Waals surface area contributed by atoms with E-state index < -0.39 is 0 Å². The summed E-state index contributed by atoms with van der Waals surface area (Å²) in [6.45, 7) is 7.82. The predicted molar refractivity (Wildman–Crippen MR) is 71.3 cm³/mol. The molecule has 2 rings (SSSR count). The van der Waals surface area contributed by atoms with Crippen LogP contribution >= 0.6 is 11.3 Å². The van der Waals surface area contributed by atoms with Gasteiger partial charge in [0.1, 0.15) is 0 Å². The SMILES string of the molecule is Cc1ccsc1C(=O)N1CCC(C)(C)C(N)C1. The van der Waals surface area contributed by atoms with Gasteiger partial charge in [0.2, 0.25) is 0 Å². The molecule has 3 nitrogen and oxygen atoms in total. The third kappa shape index (κ3) is 2.38. The monoisotopic (exact) mass is 252 g/mol. The molecule has 1 aromatic heterocycles. The average molecular weight is 252 g/mol. The Morgan fingerprint density at radius 1 is 1.59 bits per heavy atom. The maximum absolute atomic E-state index is 12.3. The van der Waals surface area contributed by atoms with Crippen LogP contribution in [-0.2, 0) is 0 Å². The second-order valence-corrected chi connectivity index (χ2v) is 6.45. The number of piperidine rings is 1. The molecule has 1 saturated heterocycles. The van der Waals surface area contributed by atoms with Crippen molar-refractivity contribution in [3.05, 3.63) is 21.9 Å². The molecule has 4 heteroatoms. The molecule has 0 bridgehead atoms. The molecule has 2 heterocycles. The van der Waals surface area contributed by atoms with E-state index in [1.54, 1.807) is 0 Å². The van der Waals surface area contributed by atoms with Gasteiger partial charge in [0.05, 0.1) is 4.88 Å². The van der Waals surface area contributed by atoms with Gasteiger partial charge in [-0.05, 0) is 35.8 Å². The second-order valence-electron chi connectivity index (χ2n) is 5.53. The number of carbonyl (C=O) groups excluding carboxylic acids is 1. The first-order chi connectivity index (χ1) is 7.92. The average Bonchev–Trinajstić information content (AvgIpc) is 2.68. The van der Waals surface area contributed by atoms with Gasteiger partial charge < -0.3 is 10.6 Å². The number of hydrogen-bond acceptors (Lipinski definition) is 3. The first-order valence-corrected chi connectivity index (χ1v) is 6.89. The van der Waals surface area contributed by atoms with Gasteiger partial charge in [0, 0.05) is 19.1 Å². The number of amides is 1. The van der Waals surface area contributed by atoms with Gasteiger partial charge in [0.15, 0.2) is 0 Å². The number of hydrogen-bond donors (Lipinski definition) is 1. The van der Waals surface area contributed by atoms with E-state index in [-0.39, 0.29) is 17.4 Å². The molecule has 1 aliphatic heterocycles. The number of rotatable bonds is 1. The minimum absolute atomic E-state index is 0.0699. The summed E-state index contributed by atoms with van der Waals surface area (Å²) in [5.41, 5.74) is 7.35. The highest BCUT2D eigenvalue weighted by atomic mass is 32.1. The Morgan fingerprint density at radius 2 is 2.29 bits per heavy atom. The lowest BCUT2D eigenvalue weighted by Crippen LogP contribution is -2.54. The molecular formula is C13H20N2OS. The standard InChI is InChI=1S/C13H20N2OS/c1-9-4-7-17-11(9)12(16)15-6-5-13(2,3)10(14)8-15/h4,7,10H,5-6,8,14H2,1-3H3. The molecule has 2 N–H and O–H groups in total. The minimum atomic E-state index is 0.0699. The highest BCUT2D eigenvalue weighted by molar-refractivity contribution is 7.12. The molecule has 0 aliphatic carbocycles. The maximum Gasteiger partial charge on any atom is 0.264 e. The summed E-state index contributed by atoms with van der Waals surface area (Å²) >= 11 is 1.52. The van der Waals surface area contributed by atoms with Crippen molar-refractivity contribution in [1.29, 1.82) is 0 Å². The Morgan fingerprint density at radius 3 is 2.82 bits per heavy atom. The van der Waals surface area contributed by atoms with E-state index in [0.29, 0.717) is 6.54 Å². The summed E-state index contributed by atoms with van der Waals surface area (Å²) in [5, 5.41) is 1.97. The van der Waals surface area contributed by atoms with E-state index >= 15 is 0 Å². The van der Waals surface area contributed by atoms with Gasteiger partial charge in [0.25, 0.3) is 5.91 Å². The Kier molecular flexibility index (Phi) is 3.27. The summed E-state index contributed by atoms with van der Waals surface area (Å²) in [5.74, 6) is 0.142. The fourth-order valence-electron chi connectivity index (χ4n) is 2.10. The fourth-order valence-corrected chi connectivity index (χ4v) is 3.00. The van der Waals surface area contributed by atoms with Crippen LogP contribution in [0.25, 0.3) is 0 Å². The summed E-state index contributed by atoms with van der Waals surface area (Å²) in [6, 6.07) is 2.06. The zero-order valence-corrected chi connectivity index (χ0v) is 11.5. The first kappa shape index (κ1) is 12.6. The van der Waals surface area contributed by atoms with E-state index in [9.17, 15) is 4.79 Å². The Bertz CT molecular complexity index is 425. The smallest absolute Gasteiger partial charge is 0.264 e. The van der Waals surface area contributed by atoms with Gasteiger partial charge in [-0.3, -0.25) is 4.79 Å². The van der Waals surface area contributed by atoms with Crippen molar-refractivity contribution in [2.24, 2.45) is 11.1 Å². The van der Waals surface area contributed by atoms with E-state index in [0.717, 1.165) is 23.4 Å². The van der Waals surface area contributed by atoms with Gasteiger partial charge in [-0.15, -0.1) is 11.3 Å². The van der Waals surface area contributed by atoms with Crippen molar-refractivity contribution in [2.75, 3.05) is 13.1 Å². The van der Waals surface area contributed by atoms with Gasteiger partial charge in [-0.1, -0.05) is 13.8 Å². The predicted octanol–water partition coefficient (Wildman–Crippen LogP) is 2.26. The Labute approximate surface area is 107 Å².